The lowest BCUT2D eigenvalue weighted by Crippen LogP contribution is -2.58. The first-order valence-corrected chi connectivity index (χ1v) is 12.1. The highest BCUT2D eigenvalue weighted by atomic mass is 16.5. The molecule has 0 radical (unpaired) electrons. The summed E-state index contributed by atoms with van der Waals surface area (Å²) in [6, 6.07) is 0. The molecule has 4 aliphatic carbocycles. The number of rotatable bonds is 4. The molecule has 4 heteroatoms. The number of carbonyl (C=O) groups is 1. The fourth-order valence-corrected chi connectivity index (χ4v) is 8.90. The Morgan fingerprint density at radius 1 is 1.00 bits per heavy atom. The number of aliphatic hydroxyl groups is 2. The van der Waals surface area contributed by atoms with Crippen molar-refractivity contribution in [2.75, 3.05) is 7.11 Å². The number of carbonyl (C=O) groups excluding carboxylic acids is 1. The van der Waals surface area contributed by atoms with E-state index < -0.39 is 0 Å². The van der Waals surface area contributed by atoms with Crippen molar-refractivity contribution in [3.8, 4) is 0 Å². The summed E-state index contributed by atoms with van der Waals surface area (Å²) in [6.07, 6.45) is 9.77. The topological polar surface area (TPSA) is 66.8 Å². The van der Waals surface area contributed by atoms with Crippen LogP contribution in [-0.4, -0.2) is 35.5 Å². The second kappa shape index (κ2) is 7.82. The summed E-state index contributed by atoms with van der Waals surface area (Å²) in [5, 5.41) is 21.3. The zero-order valence-corrected chi connectivity index (χ0v) is 18.9. The average Bonchev–Trinajstić information content (AvgIpc) is 3.05. The van der Waals surface area contributed by atoms with Crippen molar-refractivity contribution in [2.24, 2.45) is 46.3 Å². The molecule has 0 aliphatic heterocycles. The highest BCUT2D eigenvalue weighted by molar-refractivity contribution is 5.69. The highest BCUT2D eigenvalue weighted by Gasteiger charge is 2.62. The van der Waals surface area contributed by atoms with Crippen LogP contribution in [0.2, 0.25) is 0 Å². The molecule has 0 spiro atoms. The summed E-state index contributed by atoms with van der Waals surface area (Å²) in [5.74, 6) is 3.42. The van der Waals surface area contributed by atoms with Gasteiger partial charge in [-0.15, -0.1) is 0 Å². The van der Waals surface area contributed by atoms with E-state index in [-0.39, 0.29) is 29.5 Å². The molecule has 10 atom stereocenters. The summed E-state index contributed by atoms with van der Waals surface area (Å²) >= 11 is 0. The van der Waals surface area contributed by atoms with Crippen molar-refractivity contribution in [2.45, 2.75) is 97.2 Å². The minimum atomic E-state index is -0.255. The number of esters is 1. The molecule has 4 rings (SSSR count). The van der Waals surface area contributed by atoms with Crippen LogP contribution in [0.25, 0.3) is 0 Å². The van der Waals surface area contributed by atoms with E-state index >= 15 is 0 Å². The predicted octanol–water partition coefficient (Wildman–Crippen LogP) is 4.57. The van der Waals surface area contributed by atoms with Crippen LogP contribution < -0.4 is 0 Å². The lowest BCUT2D eigenvalue weighted by molar-refractivity contribution is -0.172. The quantitative estimate of drug-likeness (QED) is 0.671. The van der Waals surface area contributed by atoms with Crippen molar-refractivity contribution >= 4 is 5.97 Å². The minimum absolute atomic E-state index is 0.0888. The molecule has 0 amide bonds. The van der Waals surface area contributed by atoms with Crippen LogP contribution in [0, 0.1) is 46.3 Å². The molecule has 0 aromatic rings. The van der Waals surface area contributed by atoms with E-state index in [2.05, 4.69) is 20.8 Å². The summed E-state index contributed by atoms with van der Waals surface area (Å²) in [5.41, 5.74) is 0.533. The molecule has 4 saturated carbocycles. The third-order valence-corrected chi connectivity index (χ3v) is 10.4. The summed E-state index contributed by atoms with van der Waals surface area (Å²) in [4.78, 5) is 11.6. The fraction of sp³-hybridized carbons (Fsp3) is 0.960. The number of hydrogen-bond donors (Lipinski definition) is 2. The van der Waals surface area contributed by atoms with Crippen LogP contribution in [0.5, 0.6) is 0 Å². The van der Waals surface area contributed by atoms with E-state index in [1.165, 1.54) is 32.8 Å². The summed E-state index contributed by atoms with van der Waals surface area (Å²) in [6.45, 7) is 7.28. The summed E-state index contributed by atoms with van der Waals surface area (Å²) in [7, 11) is 1.48. The Labute approximate surface area is 176 Å². The standard InChI is InChI=1S/C25H42O4/c1-15(5-8-23(28)29-4)18-6-7-19-17-14-22(27)21-13-16(26)9-11-25(21,3)20(17)10-12-24(18,19)2/h15-22,26-27H,5-14H2,1-4H3/t15-,16+,17-,18+,19+,20-,21-,22+,24-,25-/m1/s1. The Bertz CT molecular complexity index is 620. The number of methoxy groups -OCH3 is 1. The summed E-state index contributed by atoms with van der Waals surface area (Å²) < 4.78 is 4.86. The van der Waals surface area contributed by atoms with Gasteiger partial charge in [0.1, 0.15) is 0 Å². The smallest absolute Gasteiger partial charge is 0.305 e. The predicted molar refractivity (Wildman–Crippen MR) is 113 cm³/mol. The van der Waals surface area contributed by atoms with Crippen molar-refractivity contribution in [3.05, 3.63) is 0 Å². The zero-order valence-electron chi connectivity index (χ0n) is 18.9. The molecule has 0 heterocycles. The molecule has 4 aliphatic rings. The first-order chi connectivity index (χ1) is 13.7. The van der Waals surface area contributed by atoms with E-state index in [0.717, 1.165) is 32.1 Å². The lowest BCUT2D eigenvalue weighted by atomic mass is 9.44. The van der Waals surface area contributed by atoms with Gasteiger partial charge in [-0.25, -0.2) is 0 Å². The van der Waals surface area contributed by atoms with Crippen LogP contribution in [0.1, 0.15) is 85.0 Å². The first kappa shape index (κ1) is 21.6. The Morgan fingerprint density at radius 3 is 2.41 bits per heavy atom. The Balaban J connectivity index is 1.52. The number of hydrogen-bond acceptors (Lipinski definition) is 4. The third-order valence-electron chi connectivity index (χ3n) is 10.4. The van der Waals surface area contributed by atoms with Crippen molar-refractivity contribution in [1.82, 2.24) is 0 Å². The van der Waals surface area contributed by atoms with Gasteiger partial charge in [0, 0.05) is 6.42 Å². The van der Waals surface area contributed by atoms with Crippen LogP contribution >= 0.6 is 0 Å². The Hall–Kier alpha value is -0.610. The molecule has 0 saturated heterocycles. The molecule has 166 valence electrons. The fourth-order valence-electron chi connectivity index (χ4n) is 8.90. The lowest BCUT2D eigenvalue weighted by Gasteiger charge is -2.62. The Morgan fingerprint density at radius 2 is 1.69 bits per heavy atom. The van der Waals surface area contributed by atoms with E-state index in [9.17, 15) is 15.0 Å². The van der Waals surface area contributed by atoms with Crippen LogP contribution in [0.4, 0.5) is 0 Å². The van der Waals surface area contributed by atoms with Gasteiger partial charge in [-0.3, -0.25) is 4.79 Å². The van der Waals surface area contributed by atoms with Crippen LogP contribution in [0.15, 0.2) is 0 Å². The molecule has 4 fully saturated rings. The second-order valence-electron chi connectivity index (χ2n) is 11.5. The molecular formula is C25H42O4. The average molecular weight is 407 g/mol. The molecule has 29 heavy (non-hydrogen) atoms. The van der Waals surface area contributed by atoms with E-state index in [0.29, 0.717) is 41.4 Å². The third kappa shape index (κ3) is 3.46. The van der Waals surface area contributed by atoms with E-state index in [1.807, 2.05) is 0 Å². The van der Waals surface area contributed by atoms with E-state index in [1.54, 1.807) is 0 Å². The Kier molecular flexibility index (Phi) is 5.83. The second-order valence-corrected chi connectivity index (χ2v) is 11.5. The minimum Gasteiger partial charge on any atom is -0.469 e. The SMILES string of the molecule is COC(=O)CC[C@@H](C)[C@@H]1CC[C@H]2[C@H]3C[C@H](O)[C@H]4C[C@@H](O)CC[C@]4(C)[C@@H]3CC[C@@]21C. The van der Waals surface area contributed by atoms with Gasteiger partial charge in [0.25, 0.3) is 0 Å². The maximum absolute atomic E-state index is 11.6. The molecule has 0 aromatic heterocycles. The van der Waals surface area contributed by atoms with Gasteiger partial charge < -0.3 is 14.9 Å². The molecule has 0 aromatic carbocycles. The van der Waals surface area contributed by atoms with Gasteiger partial charge >= 0.3 is 5.97 Å². The largest absolute Gasteiger partial charge is 0.469 e. The maximum atomic E-state index is 11.6. The van der Waals surface area contributed by atoms with Gasteiger partial charge in [0.15, 0.2) is 0 Å². The normalized spacial score (nSPS) is 50.2. The van der Waals surface area contributed by atoms with Crippen molar-refractivity contribution < 1.29 is 19.7 Å². The van der Waals surface area contributed by atoms with Gasteiger partial charge in [-0.2, -0.15) is 0 Å². The number of fused-ring (bicyclic) bond motifs is 5. The van der Waals surface area contributed by atoms with Gasteiger partial charge in [0.2, 0.25) is 0 Å². The molecular weight excluding hydrogens is 364 g/mol. The number of ether oxygens (including phenoxy) is 1. The van der Waals surface area contributed by atoms with Crippen molar-refractivity contribution in [3.63, 3.8) is 0 Å². The highest BCUT2D eigenvalue weighted by Crippen LogP contribution is 2.68. The van der Waals surface area contributed by atoms with Gasteiger partial charge in [-0.05, 0) is 104 Å². The number of aliphatic hydroxyl groups excluding tert-OH is 2. The molecule has 0 bridgehead atoms. The molecule has 2 N–H and O–H groups in total. The van der Waals surface area contributed by atoms with Crippen LogP contribution in [0.3, 0.4) is 0 Å². The van der Waals surface area contributed by atoms with Gasteiger partial charge in [-0.1, -0.05) is 20.8 Å². The first-order valence-electron chi connectivity index (χ1n) is 12.1. The van der Waals surface area contributed by atoms with E-state index in [4.69, 9.17) is 4.74 Å². The van der Waals surface area contributed by atoms with Crippen LogP contribution in [-0.2, 0) is 9.53 Å². The molecule has 0 unspecified atom stereocenters. The van der Waals surface area contributed by atoms with Gasteiger partial charge in [0.05, 0.1) is 19.3 Å². The monoisotopic (exact) mass is 406 g/mol. The van der Waals surface area contributed by atoms with Crippen molar-refractivity contribution in [1.29, 1.82) is 0 Å². The maximum Gasteiger partial charge on any atom is 0.305 e. The zero-order chi connectivity index (χ0) is 21.0. The molecule has 4 nitrogen and oxygen atoms in total.